The highest BCUT2D eigenvalue weighted by Crippen LogP contribution is 2.18. The molecule has 0 bridgehead atoms. The zero-order valence-electron chi connectivity index (χ0n) is 16.7. The molecule has 1 aromatic carbocycles. The molecule has 0 aliphatic rings. The Kier molecular flexibility index (Phi) is 8.31. The summed E-state index contributed by atoms with van der Waals surface area (Å²) in [5.41, 5.74) is 0.636. The molecular formula is C20H30N4O2S. The van der Waals surface area contributed by atoms with Crippen molar-refractivity contribution in [2.24, 2.45) is 0 Å². The summed E-state index contributed by atoms with van der Waals surface area (Å²) in [6, 6.07) is 7.58. The monoisotopic (exact) mass is 390 g/mol. The average molecular weight is 391 g/mol. The second kappa shape index (κ2) is 10.5. The molecule has 0 saturated heterocycles. The van der Waals surface area contributed by atoms with Gasteiger partial charge in [-0.15, -0.1) is 0 Å². The minimum Gasteiger partial charge on any atom is -0.353 e. The minimum atomic E-state index is -0.0396. The lowest BCUT2D eigenvalue weighted by Crippen LogP contribution is -2.35. The molecule has 6 nitrogen and oxygen atoms in total. The van der Waals surface area contributed by atoms with Gasteiger partial charge >= 0.3 is 0 Å². The Bertz CT molecular complexity index is 815. The minimum absolute atomic E-state index is 0.0176. The van der Waals surface area contributed by atoms with E-state index in [1.165, 1.54) is 11.8 Å². The van der Waals surface area contributed by atoms with Crippen LogP contribution in [0.25, 0.3) is 10.9 Å². The largest absolute Gasteiger partial charge is 0.353 e. The maximum Gasteiger partial charge on any atom is 0.262 e. The summed E-state index contributed by atoms with van der Waals surface area (Å²) >= 11 is 1.33. The van der Waals surface area contributed by atoms with Gasteiger partial charge in [0.1, 0.15) is 0 Å². The van der Waals surface area contributed by atoms with Crippen molar-refractivity contribution < 1.29 is 4.79 Å². The molecular weight excluding hydrogens is 360 g/mol. The van der Waals surface area contributed by atoms with Crippen LogP contribution in [0.1, 0.15) is 33.1 Å². The van der Waals surface area contributed by atoms with Gasteiger partial charge in [-0.2, -0.15) is 0 Å². The number of hydrogen-bond donors (Lipinski definition) is 1. The average Bonchev–Trinajstić information content (AvgIpc) is 2.66. The molecule has 27 heavy (non-hydrogen) atoms. The molecule has 0 fully saturated rings. The molecule has 0 aliphatic carbocycles. The van der Waals surface area contributed by atoms with E-state index in [9.17, 15) is 9.59 Å². The van der Waals surface area contributed by atoms with Gasteiger partial charge in [-0.25, -0.2) is 4.98 Å². The van der Waals surface area contributed by atoms with Crippen molar-refractivity contribution in [3.63, 3.8) is 0 Å². The van der Waals surface area contributed by atoms with Gasteiger partial charge in [-0.1, -0.05) is 37.7 Å². The van der Waals surface area contributed by atoms with Crippen LogP contribution >= 0.6 is 11.8 Å². The quantitative estimate of drug-likeness (QED) is 0.499. The van der Waals surface area contributed by atoms with E-state index in [1.54, 1.807) is 10.6 Å². The van der Waals surface area contributed by atoms with Gasteiger partial charge in [0.15, 0.2) is 5.16 Å². The molecule has 7 heteroatoms. The van der Waals surface area contributed by atoms with E-state index in [4.69, 9.17) is 0 Å². The van der Waals surface area contributed by atoms with Crippen LogP contribution in [0.15, 0.2) is 34.2 Å². The van der Waals surface area contributed by atoms with Crippen molar-refractivity contribution in [3.8, 4) is 0 Å². The Morgan fingerprint density at radius 2 is 1.96 bits per heavy atom. The van der Waals surface area contributed by atoms with E-state index in [1.807, 2.05) is 32.3 Å². The second-order valence-corrected chi connectivity index (χ2v) is 7.84. The first kappa shape index (κ1) is 21.4. The van der Waals surface area contributed by atoms with E-state index in [0.29, 0.717) is 22.6 Å². The number of nitrogens with zero attached hydrogens (tertiary/aromatic N) is 3. The molecule has 0 saturated carbocycles. The standard InChI is InChI=1S/C20H30N4O2S/c1-5-15(6-2)21-18(25)14-27-20-22-17-11-8-7-10-16(17)19(26)24(20)13-9-12-23(3)4/h7-8,10-11,15H,5-6,9,12-14H2,1-4H3,(H,21,25). The molecule has 0 spiro atoms. The summed E-state index contributed by atoms with van der Waals surface area (Å²) in [7, 11) is 4.03. The molecule has 2 rings (SSSR count). The van der Waals surface area contributed by atoms with Gasteiger partial charge in [-0.05, 0) is 52.0 Å². The normalized spacial score (nSPS) is 11.5. The molecule has 0 unspecified atom stereocenters. The summed E-state index contributed by atoms with van der Waals surface area (Å²) < 4.78 is 1.71. The predicted octanol–water partition coefficient (Wildman–Crippen LogP) is 2.75. The smallest absolute Gasteiger partial charge is 0.262 e. The number of amides is 1. The molecule has 0 aliphatic heterocycles. The fraction of sp³-hybridized carbons (Fsp3) is 0.550. The molecule has 0 radical (unpaired) electrons. The maximum atomic E-state index is 12.9. The van der Waals surface area contributed by atoms with Crippen molar-refractivity contribution in [1.29, 1.82) is 0 Å². The predicted molar refractivity (Wildman–Crippen MR) is 112 cm³/mol. The second-order valence-electron chi connectivity index (χ2n) is 6.89. The van der Waals surface area contributed by atoms with Crippen LogP contribution < -0.4 is 10.9 Å². The van der Waals surface area contributed by atoms with Gasteiger partial charge in [-0.3, -0.25) is 14.2 Å². The van der Waals surface area contributed by atoms with Crippen LogP contribution in [0.3, 0.4) is 0 Å². The van der Waals surface area contributed by atoms with Crippen LogP contribution in [0, 0.1) is 0 Å². The Labute approximate surface area is 165 Å². The summed E-state index contributed by atoms with van der Waals surface area (Å²) in [4.78, 5) is 31.9. The van der Waals surface area contributed by atoms with Crippen molar-refractivity contribution in [2.45, 2.75) is 50.9 Å². The fourth-order valence-corrected chi connectivity index (χ4v) is 3.73. The van der Waals surface area contributed by atoms with Gasteiger partial charge < -0.3 is 10.2 Å². The molecule has 1 heterocycles. The van der Waals surface area contributed by atoms with E-state index in [0.717, 1.165) is 25.8 Å². The van der Waals surface area contributed by atoms with Crippen LogP contribution in [0.4, 0.5) is 0 Å². The highest BCUT2D eigenvalue weighted by molar-refractivity contribution is 7.99. The van der Waals surface area contributed by atoms with Gasteiger partial charge in [0.05, 0.1) is 16.7 Å². The third-order valence-corrected chi connectivity index (χ3v) is 5.47. The molecule has 1 N–H and O–H groups in total. The number of hydrogen-bond acceptors (Lipinski definition) is 5. The van der Waals surface area contributed by atoms with E-state index >= 15 is 0 Å². The zero-order valence-corrected chi connectivity index (χ0v) is 17.5. The number of nitrogens with one attached hydrogen (secondary N) is 1. The Morgan fingerprint density at radius 1 is 1.26 bits per heavy atom. The summed E-state index contributed by atoms with van der Waals surface area (Å²) in [5, 5.41) is 4.26. The van der Waals surface area contributed by atoms with Crippen LogP contribution in [-0.2, 0) is 11.3 Å². The number of rotatable bonds is 10. The van der Waals surface area contributed by atoms with Gasteiger partial charge in [0.25, 0.3) is 5.56 Å². The number of aromatic nitrogens is 2. The van der Waals surface area contributed by atoms with E-state index in [2.05, 4.69) is 29.0 Å². The lowest BCUT2D eigenvalue weighted by molar-refractivity contribution is -0.119. The maximum absolute atomic E-state index is 12.9. The SMILES string of the molecule is CCC(CC)NC(=O)CSc1nc2ccccc2c(=O)n1CCCN(C)C. The van der Waals surface area contributed by atoms with Crippen molar-refractivity contribution in [2.75, 3.05) is 26.4 Å². The molecule has 148 valence electrons. The molecule has 1 amide bonds. The third-order valence-electron chi connectivity index (χ3n) is 4.50. The number of carbonyl (C=O) groups excluding carboxylic acids is 1. The summed E-state index contributed by atoms with van der Waals surface area (Å²) in [5.74, 6) is 0.241. The first-order valence-electron chi connectivity index (χ1n) is 9.52. The Hall–Kier alpha value is -1.86. The highest BCUT2D eigenvalue weighted by Gasteiger charge is 2.14. The first-order chi connectivity index (χ1) is 13.0. The molecule has 0 atom stereocenters. The first-order valence-corrected chi connectivity index (χ1v) is 10.5. The number of para-hydroxylation sites is 1. The van der Waals surface area contributed by atoms with Crippen LogP contribution in [-0.4, -0.2) is 52.8 Å². The molecule has 1 aromatic heterocycles. The van der Waals surface area contributed by atoms with E-state index < -0.39 is 0 Å². The number of carbonyl (C=O) groups is 1. The van der Waals surface area contributed by atoms with Crippen LogP contribution in [0.5, 0.6) is 0 Å². The van der Waals surface area contributed by atoms with E-state index in [-0.39, 0.29) is 23.3 Å². The lowest BCUT2D eigenvalue weighted by atomic mass is 10.2. The van der Waals surface area contributed by atoms with Gasteiger partial charge in [0, 0.05) is 12.6 Å². The van der Waals surface area contributed by atoms with Crippen molar-refractivity contribution in [3.05, 3.63) is 34.6 Å². The third kappa shape index (κ3) is 6.07. The Balaban J connectivity index is 2.22. The summed E-state index contributed by atoms with van der Waals surface area (Å²) in [6.07, 6.45) is 2.67. The van der Waals surface area contributed by atoms with Crippen molar-refractivity contribution in [1.82, 2.24) is 19.8 Å². The summed E-state index contributed by atoms with van der Waals surface area (Å²) in [6.45, 7) is 5.60. The number of thioether (sulfide) groups is 1. The zero-order chi connectivity index (χ0) is 19.8. The van der Waals surface area contributed by atoms with Crippen LogP contribution in [0.2, 0.25) is 0 Å². The van der Waals surface area contributed by atoms with Crippen molar-refractivity contribution >= 4 is 28.6 Å². The fourth-order valence-electron chi connectivity index (χ4n) is 2.89. The highest BCUT2D eigenvalue weighted by atomic mass is 32.2. The lowest BCUT2D eigenvalue weighted by Gasteiger charge is -2.16. The number of benzene rings is 1. The molecule has 2 aromatic rings. The topological polar surface area (TPSA) is 67.2 Å². The number of fused-ring (bicyclic) bond motifs is 1. The Morgan fingerprint density at radius 3 is 2.63 bits per heavy atom. The van der Waals surface area contributed by atoms with Gasteiger partial charge in [0.2, 0.25) is 5.91 Å².